The van der Waals surface area contributed by atoms with E-state index in [0.717, 1.165) is 16.1 Å². The molecule has 25 heavy (non-hydrogen) atoms. The van der Waals surface area contributed by atoms with Crippen molar-refractivity contribution >= 4 is 33.4 Å². The first-order valence-electron chi connectivity index (χ1n) is 7.47. The third-order valence-corrected chi connectivity index (χ3v) is 4.73. The highest BCUT2D eigenvalue weighted by molar-refractivity contribution is 7.92. The summed E-state index contributed by atoms with van der Waals surface area (Å²) in [5.74, 6) is 0.341. The zero-order chi connectivity index (χ0) is 18.4. The first-order valence-corrected chi connectivity index (χ1v) is 9.32. The lowest BCUT2D eigenvalue weighted by Gasteiger charge is -2.17. The Morgan fingerprint density at radius 3 is 2.56 bits per heavy atom. The van der Waals surface area contributed by atoms with Crippen LogP contribution in [0.1, 0.15) is 5.56 Å². The molecule has 132 valence electrons. The first-order chi connectivity index (χ1) is 11.8. The number of carbonyl (C=O) groups excluding carboxylic acids is 1. The second-order valence-corrected chi connectivity index (χ2v) is 7.36. The number of para-hydroxylation sites is 1. The predicted octanol–water partition coefficient (Wildman–Crippen LogP) is 2.74. The molecule has 2 rings (SSSR count). The highest BCUT2D eigenvalue weighted by atomic mass is 32.2. The maximum atomic E-state index is 12.1. The Kier molecular flexibility index (Phi) is 5.82. The fraction of sp³-hybridized carbons (Fsp3) is 0.167. The van der Waals surface area contributed by atoms with Crippen LogP contribution in [0.5, 0.6) is 5.75 Å². The van der Waals surface area contributed by atoms with Crippen molar-refractivity contribution in [2.75, 3.05) is 30.0 Å². The number of hydrogen-bond donors (Lipinski definition) is 1. The normalized spacial score (nSPS) is 11.3. The number of nitrogens with one attached hydrogen (secondary N) is 1. The summed E-state index contributed by atoms with van der Waals surface area (Å²) in [7, 11) is -0.340. The van der Waals surface area contributed by atoms with Crippen molar-refractivity contribution < 1.29 is 17.9 Å². The summed E-state index contributed by atoms with van der Waals surface area (Å²) in [5.41, 5.74) is 1.75. The fourth-order valence-corrected chi connectivity index (χ4v) is 2.62. The average Bonchev–Trinajstić information content (AvgIpc) is 2.59. The van der Waals surface area contributed by atoms with Gasteiger partial charge in [-0.1, -0.05) is 24.3 Å². The summed E-state index contributed by atoms with van der Waals surface area (Å²) in [5, 5.41) is 2.71. The Hall–Kier alpha value is -2.80. The van der Waals surface area contributed by atoms with Crippen LogP contribution in [0.4, 0.5) is 11.4 Å². The molecule has 0 spiro atoms. The molecule has 0 radical (unpaired) electrons. The van der Waals surface area contributed by atoms with Gasteiger partial charge in [-0.15, -0.1) is 0 Å². The fourth-order valence-electron chi connectivity index (χ4n) is 2.12. The second kappa shape index (κ2) is 7.85. The number of rotatable bonds is 6. The maximum absolute atomic E-state index is 12.1. The van der Waals surface area contributed by atoms with Gasteiger partial charge >= 0.3 is 0 Å². The van der Waals surface area contributed by atoms with Gasteiger partial charge in [0, 0.05) is 24.4 Å². The lowest BCUT2D eigenvalue weighted by atomic mass is 10.2. The number of sulfonamides is 1. The van der Waals surface area contributed by atoms with Crippen LogP contribution in [0.3, 0.4) is 0 Å². The molecule has 1 N–H and O–H groups in total. The maximum Gasteiger partial charge on any atom is 0.248 e. The largest absolute Gasteiger partial charge is 0.496 e. The third-order valence-electron chi connectivity index (χ3n) is 3.53. The van der Waals surface area contributed by atoms with E-state index in [-0.39, 0.29) is 5.91 Å². The second-order valence-electron chi connectivity index (χ2n) is 5.35. The van der Waals surface area contributed by atoms with Crippen LogP contribution in [0, 0.1) is 0 Å². The molecule has 0 heterocycles. The van der Waals surface area contributed by atoms with Crippen molar-refractivity contribution in [1.82, 2.24) is 0 Å². The molecular weight excluding hydrogens is 340 g/mol. The van der Waals surface area contributed by atoms with Crippen molar-refractivity contribution in [2.45, 2.75) is 0 Å². The first kappa shape index (κ1) is 18.5. The molecule has 7 heteroatoms. The Balaban J connectivity index is 2.12. The topological polar surface area (TPSA) is 75.7 Å². The van der Waals surface area contributed by atoms with E-state index in [1.807, 2.05) is 24.3 Å². The van der Waals surface area contributed by atoms with Crippen LogP contribution >= 0.6 is 0 Å². The molecule has 0 atom stereocenters. The van der Waals surface area contributed by atoms with Crippen molar-refractivity contribution in [3.8, 4) is 5.75 Å². The van der Waals surface area contributed by atoms with E-state index in [2.05, 4.69) is 5.32 Å². The minimum absolute atomic E-state index is 0.329. The van der Waals surface area contributed by atoms with E-state index >= 15 is 0 Å². The third kappa shape index (κ3) is 5.09. The summed E-state index contributed by atoms with van der Waals surface area (Å²) in [6, 6.07) is 14.0. The Morgan fingerprint density at radius 1 is 1.16 bits per heavy atom. The molecule has 1 amide bonds. The van der Waals surface area contributed by atoms with Crippen molar-refractivity contribution in [2.24, 2.45) is 0 Å². The summed E-state index contributed by atoms with van der Waals surface area (Å²) >= 11 is 0. The molecule has 0 aliphatic rings. The molecule has 0 aromatic heterocycles. The number of carbonyl (C=O) groups is 1. The quantitative estimate of drug-likeness (QED) is 0.804. The molecule has 0 saturated heterocycles. The highest BCUT2D eigenvalue weighted by Crippen LogP contribution is 2.21. The van der Waals surface area contributed by atoms with Gasteiger partial charge in [0.15, 0.2) is 0 Å². The Labute approximate surface area is 147 Å². The minimum atomic E-state index is -3.36. The number of benzene rings is 2. The molecule has 0 unspecified atom stereocenters. The zero-order valence-corrected chi connectivity index (χ0v) is 15.1. The lowest BCUT2D eigenvalue weighted by molar-refractivity contribution is -0.111. The predicted molar refractivity (Wildman–Crippen MR) is 100 cm³/mol. The van der Waals surface area contributed by atoms with Gasteiger partial charge in [0.05, 0.1) is 19.1 Å². The van der Waals surface area contributed by atoms with Crippen LogP contribution in [-0.4, -0.2) is 34.7 Å². The molecule has 0 aliphatic heterocycles. The van der Waals surface area contributed by atoms with E-state index in [1.165, 1.54) is 13.1 Å². The number of ether oxygens (including phenoxy) is 1. The number of hydrogen-bond acceptors (Lipinski definition) is 4. The van der Waals surface area contributed by atoms with Crippen molar-refractivity contribution in [1.29, 1.82) is 0 Å². The van der Waals surface area contributed by atoms with Crippen LogP contribution in [0.15, 0.2) is 54.6 Å². The Morgan fingerprint density at radius 2 is 1.88 bits per heavy atom. The van der Waals surface area contributed by atoms with E-state index in [0.29, 0.717) is 17.1 Å². The molecule has 0 bridgehead atoms. The summed E-state index contributed by atoms with van der Waals surface area (Å²) < 4.78 is 29.6. The molecule has 0 aliphatic carbocycles. The van der Waals surface area contributed by atoms with E-state index in [4.69, 9.17) is 4.74 Å². The van der Waals surface area contributed by atoms with Gasteiger partial charge in [-0.05, 0) is 30.3 Å². The van der Waals surface area contributed by atoms with Crippen molar-refractivity contribution in [3.63, 3.8) is 0 Å². The summed E-state index contributed by atoms with van der Waals surface area (Å²) in [6.07, 6.45) is 4.17. The van der Waals surface area contributed by atoms with Crippen LogP contribution in [-0.2, 0) is 14.8 Å². The van der Waals surface area contributed by atoms with Gasteiger partial charge in [-0.25, -0.2) is 8.42 Å². The van der Waals surface area contributed by atoms with Gasteiger partial charge in [0.1, 0.15) is 5.75 Å². The zero-order valence-electron chi connectivity index (χ0n) is 14.3. The average molecular weight is 360 g/mol. The van der Waals surface area contributed by atoms with Crippen LogP contribution in [0.25, 0.3) is 6.08 Å². The standard InChI is InChI=1S/C18H20N2O4S/c1-20(25(3,22)23)16-9-6-8-15(13-16)19-18(21)12-11-14-7-4-5-10-17(14)24-2/h4-13H,1-3H3,(H,19,21)/b12-11+. The number of nitrogens with zero attached hydrogens (tertiary/aromatic N) is 1. The Bertz CT molecular complexity index is 891. The minimum Gasteiger partial charge on any atom is -0.496 e. The number of methoxy groups -OCH3 is 1. The van der Waals surface area contributed by atoms with E-state index < -0.39 is 10.0 Å². The van der Waals surface area contributed by atoms with Crippen molar-refractivity contribution in [3.05, 3.63) is 60.2 Å². The highest BCUT2D eigenvalue weighted by Gasteiger charge is 2.12. The van der Waals surface area contributed by atoms with E-state index in [9.17, 15) is 13.2 Å². The van der Waals surface area contributed by atoms with Gasteiger partial charge in [-0.2, -0.15) is 0 Å². The smallest absolute Gasteiger partial charge is 0.248 e. The van der Waals surface area contributed by atoms with Gasteiger partial charge < -0.3 is 10.1 Å². The van der Waals surface area contributed by atoms with E-state index in [1.54, 1.807) is 37.5 Å². The van der Waals surface area contributed by atoms with Gasteiger partial charge in [0.25, 0.3) is 0 Å². The summed E-state index contributed by atoms with van der Waals surface area (Å²) in [4.78, 5) is 12.1. The van der Waals surface area contributed by atoms with Crippen LogP contribution in [0.2, 0.25) is 0 Å². The lowest BCUT2D eigenvalue weighted by Crippen LogP contribution is -2.24. The number of amides is 1. The molecule has 6 nitrogen and oxygen atoms in total. The molecular formula is C18H20N2O4S. The SMILES string of the molecule is COc1ccccc1/C=C/C(=O)Nc1cccc(N(C)S(C)(=O)=O)c1. The van der Waals surface area contributed by atoms with Gasteiger partial charge in [0.2, 0.25) is 15.9 Å². The molecule has 0 fully saturated rings. The monoisotopic (exact) mass is 360 g/mol. The van der Waals surface area contributed by atoms with Crippen LogP contribution < -0.4 is 14.4 Å². The number of anilines is 2. The molecule has 2 aromatic rings. The molecule has 0 saturated carbocycles. The molecule has 2 aromatic carbocycles. The summed E-state index contributed by atoms with van der Waals surface area (Å²) in [6.45, 7) is 0. The van der Waals surface area contributed by atoms with Gasteiger partial charge in [-0.3, -0.25) is 9.10 Å².